The molecule has 0 saturated carbocycles. The number of ether oxygens (including phenoxy) is 2. The van der Waals surface area contributed by atoms with Crippen LogP contribution in [0, 0.1) is 0 Å². The van der Waals surface area contributed by atoms with Crippen molar-refractivity contribution in [3.63, 3.8) is 0 Å². The number of carbonyl (C=O) groups excluding carboxylic acids is 1. The van der Waals surface area contributed by atoms with Crippen LogP contribution in [0.4, 0.5) is 0 Å². The molecule has 5 nitrogen and oxygen atoms in total. The van der Waals surface area contributed by atoms with Gasteiger partial charge in [-0.15, -0.1) is 0 Å². The smallest absolute Gasteiger partial charge is 0.205 e. The third-order valence-electron chi connectivity index (χ3n) is 4.41. The molecule has 138 valence electrons. The van der Waals surface area contributed by atoms with Gasteiger partial charge < -0.3 is 19.9 Å². The molecule has 2 aromatic rings. The molecule has 0 amide bonds. The number of rotatable bonds is 7. The second-order valence-electron chi connectivity index (χ2n) is 6.99. The number of ketones is 1. The number of aliphatic hydroxyl groups excluding tert-OH is 1. The van der Waals surface area contributed by atoms with Crippen molar-refractivity contribution in [1.82, 2.24) is 5.32 Å². The number of hydrogen-bond acceptors (Lipinski definition) is 5. The van der Waals surface area contributed by atoms with Crippen LogP contribution in [0.25, 0.3) is 0 Å². The minimum atomic E-state index is -0.647. The maximum atomic E-state index is 12.5. The SMILES string of the molecule is CC1(C)OCc2cc(C(=O)CNC(CO)Cc3ccccc3)ccc2O1. The molecular weight excluding hydrogens is 330 g/mol. The van der Waals surface area contributed by atoms with Crippen molar-refractivity contribution in [2.45, 2.75) is 38.7 Å². The van der Waals surface area contributed by atoms with Crippen LogP contribution in [0.5, 0.6) is 5.75 Å². The highest BCUT2D eigenvalue weighted by molar-refractivity contribution is 5.98. The van der Waals surface area contributed by atoms with Gasteiger partial charge >= 0.3 is 0 Å². The zero-order chi connectivity index (χ0) is 18.6. The molecule has 0 aliphatic carbocycles. The van der Waals surface area contributed by atoms with E-state index < -0.39 is 5.79 Å². The van der Waals surface area contributed by atoms with Crippen LogP contribution >= 0.6 is 0 Å². The van der Waals surface area contributed by atoms with Gasteiger partial charge in [-0.05, 0) is 30.2 Å². The number of fused-ring (bicyclic) bond motifs is 1. The maximum Gasteiger partial charge on any atom is 0.205 e. The summed E-state index contributed by atoms with van der Waals surface area (Å²) in [6.45, 7) is 4.29. The Morgan fingerprint density at radius 1 is 1.23 bits per heavy atom. The highest BCUT2D eigenvalue weighted by Gasteiger charge is 2.27. The van der Waals surface area contributed by atoms with E-state index >= 15 is 0 Å². The summed E-state index contributed by atoms with van der Waals surface area (Å²) in [6, 6.07) is 15.2. The van der Waals surface area contributed by atoms with E-state index in [1.54, 1.807) is 6.07 Å². The number of Topliss-reactive ketones (excluding diaryl/α,β-unsaturated/α-hetero) is 1. The fourth-order valence-corrected chi connectivity index (χ4v) is 2.95. The van der Waals surface area contributed by atoms with Gasteiger partial charge in [-0.2, -0.15) is 0 Å². The Kier molecular flexibility index (Phi) is 5.71. The molecule has 0 spiro atoms. The summed E-state index contributed by atoms with van der Waals surface area (Å²) < 4.78 is 11.4. The molecule has 1 heterocycles. The Balaban J connectivity index is 1.59. The van der Waals surface area contributed by atoms with E-state index in [9.17, 15) is 9.90 Å². The first-order chi connectivity index (χ1) is 12.5. The number of nitrogens with one attached hydrogen (secondary N) is 1. The number of hydrogen-bond donors (Lipinski definition) is 2. The van der Waals surface area contributed by atoms with Gasteiger partial charge in [0, 0.05) is 31.0 Å². The quantitative estimate of drug-likeness (QED) is 0.748. The number of aliphatic hydroxyl groups is 1. The van der Waals surface area contributed by atoms with Gasteiger partial charge in [0.1, 0.15) is 5.75 Å². The molecule has 5 heteroatoms. The monoisotopic (exact) mass is 355 g/mol. The van der Waals surface area contributed by atoms with E-state index in [1.807, 2.05) is 56.3 Å². The van der Waals surface area contributed by atoms with Gasteiger partial charge in [-0.25, -0.2) is 0 Å². The van der Waals surface area contributed by atoms with Gasteiger partial charge in [-0.1, -0.05) is 30.3 Å². The van der Waals surface area contributed by atoms with Gasteiger partial charge in [0.2, 0.25) is 5.79 Å². The Morgan fingerprint density at radius 3 is 2.73 bits per heavy atom. The largest absolute Gasteiger partial charge is 0.463 e. The number of carbonyl (C=O) groups is 1. The summed E-state index contributed by atoms with van der Waals surface area (Å²) in [6.07, 6.45) is 0.672. The second-order valence-corrected chi connectivity index (χ2v) is 6.99. The predicted molar refractivity (Wildman–Crippen MR) is 99.3 cm³/mol. The molecule has 1 aliphatic heterocycles. The van der Waals surface area contributed by atoms with Crippen molar-refractivity contribution in [2.75, 3.05) is 13.2 Å². The third kappa shape index (κ3) is 4.69. The van der Waals surface area contributed by atoms with E-state index in [-0.39, 0.29) is 25.0 Å². The standard InChI is InChI=1S/C21H25NO4/c1-21(2)25-14-17-11-16(8-9-20(17)26-21)19(24)12-22-18(13-23)10-15-6-4-3-5-7-15/h3-9,11,18,22-23H,10,12-14H2,1-2H3. The van der Waals surface area contributed by atoms with Gasteiger partial charge in [0.05, 0.1) is 19.8 Å². The molecule has 3 rings (SSSR count). The van der Waals surface area contributed by atoms with E-state index in [1.165, 1.54) is 0 Å². The van der Waals surface area contributed by atoms with E-state index in [0.29, 0.717) is 18.6 Å². The summed E-state index contributed by atoms with van der Waals surface area (Å²) in [5.74, 6) is 0.0819. The van der Waals surface area contributed by atoms with Gasteiger partial charge in [0.15, 0.2) is 5.78 Å². The first kappa shape index (κ1) is 18.6. The van der Waals surface area contributed by atoms with Crippen LogP contribution < -0.4 is 10.1 Å². The molecule has 0 aromatic heterocycles. The average Bonchev–Trinajstić information content (AvgIpc) is 2.64. The van der Waals surface area contributed by atoms with Crippen LogP contribution in [-0.2, 0) is 17.8 Å². The minimum Gasteiger partial charge on any atom is -0.463 e. The summed E-state index contributed by atoms with van der Waals surface area (Å²) in [5.41, 5.74) is 2.61. The molecule has 1 unspecified atom stereocenters. The van der Waals surface area contributed by atoms with Crippen molar-refractivity contribution >= 4 is 5.78 Å². The Morgan fingerprint density at radius 2 is 2.00 bits per heavy atom. The summed E-state index contributed by atoms with van der Waals surface area (Å²) in [5, 5.41) is 12.7. The summed E-state index contributed by atoms with van der Waals surface area (Å²) in [4.78, 5) is 12.5. The molecule has 0 radical (unpaired) electrons. The van der Waals surface area contributed by atoms with Gasteiger partial charge in [0.25, 0.3) is 0 Å². The Labute approximate surface area is 153 Å². The molecule has 1 atom stereocenters. The van der Waals surface area contributed by atoms with E-state index in [0.717, 1.165) is 16.9 Å². The first-order valence-corrected chi connectivity index (χ1v) is 8.84. The third-order valence-corrected chi connectivity index (χ3v) is 4.41. The maximum absolute atomic E-state index is 12.5. The van der Waals surface area contributed by atoms with Crippen molar-refractivity contribution in [2.24, 2.45) is 0 Å². The van der Waals surface area contributed by atoms with Gasteiger partial charge in [-0.3, -0.25) is 4.79 Å². The fourth-order valence-electron chi connectivity index (χ4n) is 2.95. The molecule has 1 aliphatic rings. The highest BCUT2D eigenvalue weighted by atomic mass is 16.7. The van der Waals surface area contributed by atoms with Crippen LogP contribution in [0.3, 0.4) is 0 Å². The average molecular weight is 355 g/mol. The Hall–Kier alpha value is -2.21. The molecular formula is C21H25NO4. The summed E-state index contributed by atoms with van der Waals surface area (Å²) in [7, 11) is 0. The molecule has 2 N–H and O–H groups in total. The van der Waals surface area contributed by atoms with Crippen LogP contribution in [0.15, 0.2) is 48.5 Å². The second kappa shape index (κ2) is 7.99. The van der Waals surface area contributed by atoms with Crippen molar-refractivity contribution in [1.29, 1.82) is 0 Å². The zero-order valence-corrected chi connectivity index (χ0v) is 15.2. The zero-order valence-electron chi connectivity index (χ0n) is 15.2. The van der Waals surface area contributed by atoms with Crippen LogP contribution in [-0.4, -0.2) is 35.9 Å². The normalized spacial score (nSPS) is 16.4. The summed E-state index contributed by atoms with van der Waals surface area (Å²) >= 11 is 0. The highest BCUT2D eigenvalue weighted by Crippen LogP contribution is 2.31. The lowest BCUT2D eigenvalue weighted by Gasteiger charge is -2.32. The Bertz CT molecular complexity index is 758. The fraction of sp³-hybridized carbons (Fsp3) is 0.381. The minimum absolute atomic E-state index is 0.0239. The lowest BCUT2D eigenvalue weighted by molar-refractivity contribution is -0.180. The molecule has 0 fully saturated rings. The molecule has 26 heavy (non-hydrogen) atoms. The molecule has 0 bridgehead atoms. The predicted octanol–water partition coefficient (Wildman–Crippen LogP) is 2.71. The number of benzene rings is 2. The van der Waals surface area contributed by atoms with Crippen molar-refractivity contribution in [3.05, 3.63) is 65.2 Å². The molecule has 0 saturated heterocycles. The van der Waals surface area contributed by atoms with Crippen molar-refractivity contribution in [3.8, 4) is 5.75 Å². The van der Waals surface area contributed by atoms with Crippen LogP contribution in [0.2, 0.25) is 0 Å². The first-order valence-electron chi connectivity index (χ1n) is 8.84. The van der Waals surface area contributed by atoms with E-state index in [2.05, 4.69) is 5.32 Å². The van der Waals surface area contributed by atoms with E-state index in [4.69, 9.17) is 9.47 Å². The lowest BCUT2D eigenvalue weighted by Crippen LogP contribution is -2.38. The molecule has 2 aromatic carbocycles. The lowest BCUT2D eigenvalue weighted by atomic mass is 10.0. The van der Waals surface area contributed by atoms with Crippen LogP contribution in [0.1, 0.15) is 35.3 Å². The van der Waals surface area contributed by atoms with Crippen molar-refractivity contribution < 1.29 is 19.4 Å². The topological polar surface area (TPSA) is 67.8 Å².